The lowest BCUT2D eigenvalue weighted by Gasteiger charge is -2.11. The van der Waals surface area contributed by atoms with Gasteiger partial charge < -0.3 is 10.3 Å². The van der Waals surface area contributed by atoms with Gasteiger partial charge in [-0.25, -0.2) is 9.37 Å². The number of hydrogen-bond acceptors (Lipinski definition) is 2. The van der Waals surface area contributed by atoms with E-state index in [1.54, 1.807) is 12.1 Å². The molecular formula is C14H18FN3. The lowest BCUT2D eigenvalue weighted by Crippen LogP contribution is -2.15. The summed E-state index contributed by atoms with van der Waals surface area (Å²) in [6.45, 7) is 2.89. The Bertz CT molecular complexity index is 576. The fourth-order valence-electron chi connectivity index (χ4n) is 3.01. The zero-order chi connectivity index (χ0) is 12.7. The van der Waals surface area contributed by atoms with Crippen molar-refractivity contribution in [1.29, 1.82) is 0 Å². The quantitative estimate of drug-likeness (QED) is 0.886. The zero-order valence-corrected chi connectivity index (χ0v) is 10.6. The Hall–Kier alpha value is -1.42. The molecule has 2 atom stereocenters. The molecule has 1 saturated carbocycles. The van der Waals surface area contributed by atoms with Crippen LogP contribution in [0.4, 0.5) is 4.39 Å². The van der Waals surface area contributed by atoms with Crippen molar-refractivity contribution >= 4 is 11.0 Å². The summed E-state index contributed by atoms with van der Waals surface area (Å²) in [7, 11) is 0. The van der Waals surface area contributed by atoms with Crippen LogP contribution < -0.4 is 5.73 Å². The van der Waals surface area contributed by atoms with Crippen molar-refractivity contribution in [3.63, 3.8) is 0 Å². The van der Waals surface area contributed by atoms with E-state index in [4.69, 9.17) is 5.73 Å². The van der Waals surface area contributed by atoms with Crippen LogP contribution in [0.5, 0.6) is 0 Å². The molecule has 1 aromatic carbocycles. The van der Waals surface area contributed by atoms with Crippen LogP contribution in [0.3, 0.4) is 0 Å². The summed E-state index contributed by atoms with van der Waals surface area (Å²) in [6.07, 6.45) is 3.14. The van der Waals surface area contributed by atoms with Crippen molar-refractivity contribution in [2.45, 2.75) is 44.7 Å². The van der Waals surface area contributed by atoms with Crippen molar-refractivity contribution in [3.8, 4) is 0 Å². The van der Waals surface area contributed by atoms with Crippen LogP contribution in [0, 0.1) is 5.82 Å². The lowest BCUT2D eigenvalue weighted by atomic mass is 10.1. The molecule has 3 nitrogen and oxygen atoms in total. The monoisotopic (exact) mass is 247 g/mol. The maximum Gasteiger partial charge on any atom is 0.125 e. The number of imidazole rings is 1. The smallest absolute Gasteiger partial charge is 0.125 e. The van der Waals surface area contributed by atoms with Gasteiger partial charge in [-0.3, -0.25) is 0 Å². The molecule has 0 saturated heterocycles. The first-order valence-electron chi connectivity index (χ1n) is 6.60. The summed E-state index contributed by atoms with van der Waals surface area (Å²) < 4.78 is 15.5. The topological polar surface area (TPSA) is 43.8 Å². The van der Waals surface area contributed by atoms with E-state index in [0.717, 1.165) is 42.7 Å². The highest BCUT2D eigenvalue weighted by molar-refractivity contribution is 5.76. The Balaban J connectivity index is 2.11. The second kappa shape index (κ2) is 4.35. The summed E-state index contributed by atoms with van der Waals surface area (Å²) in [4.78, 5) is 4.68. The van der Waals surface area contributed by atoms with E-state index in [1.165, 1.54) is 6.07 Å². The molecule has 1 fully saturated rings. The van der Waals surface area contributed by atoms with Gasteiger partial charge in [-0.2, -0.15) is 0 Å². The maximum absolute atomic E-state index is 13.3. The second-order valence-corrected chi connectivity index (χ2v) is 5.12. The molecule has 0 unspecified atom stereocenters. The number of rotatable bonds is 2. The van der Waals surface area contributed by atoms with E-state index in [2.05, 4.69) is 16.5 Å². The Morgan fingerprint density at radius 2 is 2.28 bits per heavy atom. The first-order chi connectivity index (χ1) is 8.69. The number of nitrogens with zero attached hydrogens (tertiary/aromatic N) is 2. The number of fused-ring (bicyclic) bond motifs is 1. The highest BCUT2D eigenvalue weighted by atomic mass is 19.1. The number of halogens is 1. The molecule has 1 heterocycles. The van der Waals surface area contributed by atoms with Crippen LogP contribution in [0.1, 0.15) is 37.9 Å². The molecule has 1 aliphatic carbocycles. The third-order valence-electron chi connectivity index (χ3n) is 3.89. The molecule has 4 heteroatoms. The Morgan fingerprint density at radius 1 is 1.44 bits per heavy atom. The SMILES string of the molecule is CCn1c([C@@H]2CC[C@H](N)C2)nc2ccc(F)cc21. The largest absolute Gasteiger partial charge is 0.328 e. The number of nitrogens with two attached hydrogens (primary N) is 1. The molecule has 0 radical (unpaired) electrons. The van der Waals surface area contributed by atoms with Gasteiger partial charge in [0.05, 0.1) is 11.0 Å². The Kier molecular flexibility index (Phi) is 2.82. The van der Waals surface area contributed by atoms with Gasteiger partial charge in [0.25, 0.3) is 0 Å². The Labute approximate surface area is 106 Å². The second-order valence-electron chi connectivity index (χ2n) is 5.12. The average molecular weight is 247 g/mol. The van der Waals surface area contributed by atoms with Gasteiger partial charge in [-0.1, -0.05) is 0 Å². The van der Waals surface area contributed by atoms with E-state index < -0.39 is 0 Å². The van der Waals surface area contributed by atoms with E-state index in [9.17, 15) is 4.39 Å². The van der Waals surface area contributed by atoms with Gasteiger partial charge in [-0.05, 0) is 44.4 Å². The van der Waals surface area contributed by atoms with Crippen LogP contribution in [0.25, 0.3) is 11.0 Å². The molecule has 0 bridgehead atoms. The molecule has 18 heavy (non-hydrogen) atoms. The minimum atomic E-state index is -0.202. The van der Waals surface area contributed by atoms with E-state index in [0.29, 0.717) is 5.92 Å². The van der Waals surface area contributed by atoms with Gasteiger partial charge in [-0.15, -0.1) is 0 Å². The van der Waals surface area contributed by atoms with Crippen LogP contribution in [-0.2, 0) is 6.54 Å². The van der Waals surface area contributed by atoms with E-state index in [1.807, 2.05) is 0 Å². The Morgan fingerprint density at radius 3 is 2.94 bits per heavy atom. The highest BCUT2D eigenvalue weighted by Gasteiger charge is 2.27. The molecule has 1 aliphatic rings. The van der Waals surface area contributed by atoms with Gasteiger partial charge in [0, 0.05) is 18.5 Å². The fraction of sp³-hybridized carbons (Fsp3) is 0.500. The van der Waals surface area contributed by atoms with Crippen molar-refractivity contribution in [3.05, 3.63) is 29.8 Å². The molecule has 3 rings (SSSR count). The van der Waals surface area contributed by atoms with E-state index >= 15 is 0 Å². The van der Waals surface area contributed by atoms with Crippen molar-refractivity contribution < 1.29 is 4.39 Å². The highest BCUT2D eigenvalue weighted by Crippen LogP contribution is 2.34. The number of hydrogen-bond donors (Lipinski definition) is 1. The van der Waals surface area contributed by atoms with Crippen LogP contribution in [-0.4, -0.2) is 15.6 Å². The molecular weight excluding hydrogens is 229 g/mol. The van der Waals surface area contributed by atoms with Crippen molar-refractivity contribution in [2.24, 2.45) is 5.73 Å². The first kappa shape index (κ1) is 11.7. The average Bonchev–Trinajstić information content (AvgIpc) is 2.91. The minimum Gasteiger partial charge on any atom is -0.328 e. The first-order valence-corrected chi connectivity index (χ1v) is 6.60. The molecule has 1 aromatic heterocycles. The summed E-state index contributed by atoms with van der Waals surface area (Å²) in [6, 6.07) is 5.09. The summed E-state index contributed by atoms with van der Waals surface area (Å²) in [5, 5.41) is 0. The molecule has 0 amide bonds. The number of aromatic nitrogens is 2. The molecule has 0 aliphatic heterocycles. The van der Waals surface area contributed by atoms with Crippen LogP contribution in [0.15, 0.2) is 18.2 Å². The van der Waals surface area contributed by atoms with Gasteiger partial charge >= 0.3 is 0 Å². The minimum absolute atomic E-state index is 0.202. The summed E-state index contributed by atoms with van der Waals surface area (Å²) >= 11 is 0. The predicted molar refractivity (Wildman–Crippen MR) is 69.9 cm³/mol. The van der Waals surface area contributed by atoms with Gasteiger partial charge in [0.15, 0.2) is 0 Å². The number of aryl methyl sites for hydroxylation is 1. The molecule has 96 valence electrons. The van der Waals surface area contributed by atoms with Crippen LogP contribution in [0.2, 0.25) is 0 Å². The number of benzene rings is 1. The maximum atomic E-state index is 13.3. The van der Waals surface area contributed by atoms with Crippen LogP contribution >= 0.6 is 0 Å². The third-order valence-corrected chi connectivity index (χ3v) is 3.89. The molecule has 2 N–H and O–H groups in total. The van der Waals surface area contributed by atoms with Crippen molar-refractivity contribution in [2.75, 3.05) is 0 Å². The molecule has 0 spiro atoms. The summed E-state index contributed by atoms with van der Waals surface area (Å²) in [5.74, 6) is 1.30. The normalized spacial score (nSPS) is 23.9. The third kappa shape index (κ3) is 1.81. The molecule has 2 aromatic rings. The van der Waals surface area contributed by atoms with Gasteiger partial charge in [0.1, 0.15) is 11.6 Å². The zero-order valence-electron chi connectivity index (χ0n) is 10.6. The van der Waals surface area contributed by atoms with Crippen molar-refractivity contribution in [1.82, 2.24) is 9.55 Å². The van der Waals surface area contributed by atoms with E-state index in [-0.39, 0.29) is 11.9 Å². The summed E-state index contributed by atoms with van der Waals surface area (Å²) in [5.41, 5.74) is 7.75. The standard InChI is InChI=1S/C14H18FN3/c1-2-18-13-8-10(15)4-6-12(13)17-14(18)9-3-5-11(16)7-9/h4,6,8-9,11H,2-3,5,7,16H2,1H3/t9-,11+/m1/s1. The lowest BCUT2D eigenvalue weighted by molar-refractivity contribution is 0.596. The fourth-order valence-corrected chi connectivity index (χ4v) is 3.01. The van der Waals surface area contributed by atoms with Gasteiger partial charge in [0.2, 0.25) is 0 Å². The predicted octanol–water partition coefficient (Wildman–Crippen LogP) is 2.79.